The third kappa shape index (κ3) is 2.91. The number of aromatic nitrogens is 2. The Bertz CT molecular complexity index is 871. The van der Waals surface area contributed by atoms with Gasteiger partial charge in [0, 0.05) is 30.5 Å². The second-order valence-corrected chi connectivity index (χ2v) is 8.33. The normalized spacial score (nSPS) is 24.6. The van der Waals surface area contributed by atoms with Crippen LogP contribution in [0, 0.1) is 5.41 Å². The van der Waals surface area contributed by atoms with Crippen LogP contribution in [0.5, 0.6) is 5.75 Å². The first-order chi connectivity index (χ1) is 13.7. The van der Waals surface area contributed by atoms with Gasteiger partial charge in [-0.25, -0.2) is 4.98 Å². The van der Waals surface area contributed by atoms with E-state index in [9.17, 15) is 4.79 Å². The summed E-state index contributed by atoms with van der Waals surface area (Å²) in [5, 5.41) is 3.46. The Morgan fingerprint density at radius 1 is 1.36 bits per heavy atom. The van der Waals surface area contributed by atoms with Gasteiger partial charge in [0.25, 0.3) is 0 Å². The molecule has 1 saturated heterocycles. The van der Waals surface area contributed by atoms with Gasteiger partial charge in [0.2, 0.25) is 5.91 Å². The Morgan fingerprint density at radius 2 is 2.18 bits per heavy atom. The van der Waals surface area contributed by atoms with Gasteiger partial charge < -0.3 is 19.5 Å². The number of piperidine rings is 1. The van der Waals surface area contributed by atoms with Crippen LogP contribution >= 0.6 is 0 Å². The SMILES string of the molecule is CCn1ccnc1CN(C(=O)C1COc2ccccc21)C1CC12CCNCC2. The number of ether oxygens (including phenoxy) is 1. The molecule has 0 bridgehead atoms. The van der Waals surface area contributed by atoms with Gasteiger partial charge in [-0.05, 0) is 50.8 Å². The molecule has 5 rings (SSSR count). The minimum absolute atomic E-state index is 0.191. The van der Waals surface area contributed by atoms with Crippen LogP contribution in [0.3, 0.4) is 0 Å². The van der Waals surface area contributed by atoms with Crippen molar-refractivity contribution in [2.45, 2.75) is 51.2 Å². The number of imidazole rings is 1. The van der Waals surface area contributed by atoms with Crippen molar-refractivity contribution in [3.8, 4) is 5.75 Å². The molecule has 2 fully saturated rings. The van der Waals surface area contributed by atoms with Crippen LogP contribution in [0.25, 0.3) is 0 Å². The van der Waals surface area contributed by atoms with Crippen molar-refractivity contribution in [2.24, 2.45) is 5.41 Å². The molecule has 0 radical (unpaired) electrons. The van der Waals surface area contributed by atoms with E-state index < -0.39 is 0 Å². The average molecular weight is 380 g/mol. The van der Waals surface area contributed by atoms with Gasteiger partial charge >= 0.3 is 0 Å². The number of rotatable bonds is 5. The van der Waals surface area contributed by atoms with Crippen molar-refractivity contribution in [2.75, 3.05) is 19.7 Å². The molecule has 6 nitrogen and oxygen atoms in total. The van der Waals surface area contributed by atoms with Crippen molar-refractivity contribution in [3.63, 3.8) is 0 Å². The van der Waals surface area contributed by atoms with Crippen LogP contribution < -0.4 is 10.1 Å². The number of carbonyl (C=O) groups excluding carboxylic acids is 1. The molecule has 148 valence electrons. The number of amides is 1. The van der Waals surface area contributed by atoms with Crippen LogP contribution in [0.1, 0.15) is 43.5 Å². The van der Waals surface area contributed by atoms with E-state index >= 15 is 0 Å². The molecule has 2 aromatic rings. The van der Waals surface area contributed by atoms with Gasteiger partial charge in [-0.1, -0.05) is 18.2 Å². The average Bonchev–Trinajstić information content (AvgIpc) is 3.10. The van der Waals surface area contributed by atoms with Crippen LogP contribution in [0.15, 0.2) is 36.7 Å². The smallest absolute Gasteiger partial charge is 0.234 e. The number of fused-ring (bicyclic) bond motifs is 1. The molecular formula is C22H28N4O2. The van der Waals surface area contributed by atoms with E-state index in [0.29, 0.717) is 24.6 Å². The van der Waals surface area contributed by atoms with Crippen molar-refractivity contribution >= 4 is 5.91 Å². The van der Waals surface area contributed by atoms with Gasteiger partial charge in [-0.2, -0.15) is 0 Å². The quantitative estimate of drug-likeness (QED) is 0.866. The number of para-hydroxylation sites is 1. The molecule has 2 aliphatic heterocycles. The monoisotopic (exact) mass is 380 g/mol. The van der Waals surface area contributed by atoms with Crippen LogP contribution in [-0.2, 0) is 17.9 Å². The van der Waals surface area contributed by atoms with Crippen molar-refractivity contribution < 1.29 is 9.53 Å². The summed E-state index contributed by atoms with van der Waals surface area (Å²) in [5.74, 6) is 1.80. The summed E-state index contributed by atoms with van der Waals surface area (Å²) in [6.45, 7) is 6.11. The second-order valence-electron chi connectivity index (χ2n) is 8.33. The van der Waals surface area contributed by atoms with E-state index in [2.05, 4.69) is 26.7 Å². The summed E-state index contributed by atoms with van der Waals surface area (Å²) in [6.07, 6.45) is 7.26. The zero-order valence-corrected chi connectivity index (χ0v) is 16.4. The maximum absolute atomic E-state index is 13.7. The van der Waals surface area contributed by atoms with E-state index in [4.69, 9.17) is 4.74 Å². The van der Waals surface area contributed by atoms with Crippen molar-refractivity contribution in [1.29, 1.82) is 0 Å². The summed E-state index contributed by atoms with van der Waals surface area (Å²) in [6, 6.07) is 8.27. The minimum Gasteiger partial charge on any atom is -0.492 e. The highest BCUT2D eigenvalue weighted by molar-refractivity contribution is 5.86. The fourth-order valence-electron chi connectivity index (χ4n) is 5.07. The van der Waals surface area contributed by atoms with E-state index in [1.807, 2.05) is 36.7 Å². The molecule has 1 amide bonds. The summed E-state index contributed by atoms with van der Waals surface area (Å²) in [7, 11) is 0. The number of hydrogen-bond donors (Lipinski definition) is 1. The first-order valence-corrected chi connectivity index (χ1v) is 10.4. The van der Waals surface area contributed by atoms with Crippen molar-refractivity contribution in [1.82, 2.24) is 19.8 Å². The summed E-state index contributed by atoms with van der Waals surface area (Å²) < 4.78 is 7.96. The summed E-state index contributed by atoms with van der Waals surface area (Å²) >= 11 is 0. The molecule has 1 aromatic heterocycles. The van der Waals surface area contributed by atoms with E-state index in [-0.39, 0.29) is 11.8 Å². The zero-order chi connectivity index (χ0) is 19.1. The standard InChI is InChI=1S/C22H28N4O2/c1-2-25-12-11-24-20(25)14-26(19-13-22(19)7-9-23-10-8-22)21(27)17-15-28-18-6-4-3-5-16(17)18/h3-6,11-12,17,19,23H,2,7-10,13-15H2,1H3. The lowest BCUT2D eigenvalue weighted by atomic mass is 9.93. The molecule has 3 aliphatic rings. The molecule has 1 N–H and O–H groups in total. The lowest BCUT2D eigenvalue weighted by molar-refractivity contribution is -0.135. The van der Waals surface area contributed by atoms with Crippen LogP contribution in [0.4, 0.5) is 0 Å². The summed E-state index contributed by atoms with van der Waals surface area (Å²) in [5.41, 5.74) is 1.32. The number of benzene rings is 1. The van der Waals surface area contributed by atoms with E-state index in [1.165, 1.54) is 0 Å². The number of carbonyl (C=O) groups is 1. The van der Waals surface area contributed by atoms with E-state index in [1.54, 1.807) is 0 Å². The molecule has 1 saturated carbocycles. The molecule has 2 unspecified atom stereocenters. The number of hydrogen-bond acceptors (Lipinski definition) is 4. The van der Waals surface area contributed by atoms with Gasteiger partial charge in [-0.15, -0.1) is 0 Å². The zero-order valence-electron chi connectivity index (χ0n) is 16.4. The Labute approximate surface area is 165 Å². The maximum Gasteiger partial charge on any atom is 0.234 e. The second kappa shape index (κ2) is 6.92. The predicted molar refractivity (Wildman–Crippen MR) is 106 cm³/mol. The number of nitrogens with one attached hydrogen (secondary N) is 1. The molecular weight excluding hydrogens is 352 g/mol. The Kier molecular flexibility index (Phi) is 4.38. The topological polar surface area (TPSA) is 59.4 Å². The largest absolute Gasteiger partial charge is 0.492 e. The highest BCUT2D eigenvalue weighted by Gasteiger charge is 2.58. The fourth-order valence-corrected chi connectivity index (χ4v) is 5.07. The lowest BCUT2D eigenvalue weighted by Crippen LogP contribution is -2.42. The van der Waals surface area contributed by atoms with Gasteiger partial charge in [-0.3, -0.25) is 4.79 Å². The minimum atomic E-state index is -0.208. The Morgan fingerprint density at radius 3 is 3.00 bits per heavy atom. The Hall–Kier alpha value is -2.34. The molecule has 3 heterocycles. The highest BCUT2D eigenvalue weighted by atomic mass is 16.5. The third-order valence-corrected chi connectivity index (χ3v) is 6.86. The predicted octanol–water partition coefficient (Wildman–Crippen LogP) is 2.55. The highest BCUT2D eigenvalue weighted by Crippen LogP contribution is 2.56. The maximum atomic E-state index is 13.7. The molecule has 2 atom stereocenters. The van der Waals surface area contributed by atoms with Gasteiger partial charge in [0.15, 0.2) is 0 Å². The first kappa shape index (κ1) is 17.7. The Balaban J connectivity index is 1.44. The fraction of sp³-hybridized carbons (Fsp3) is 0.545. The molecule has 1 aliphatic carbocycles. The van der Waals surface area contributed by atoms with Gasteiger partial charge in [0.05, 0.1) is 6.54 Å². The first-order valence-electron chi connectivity index (χ1n) is 10.4. The van der Waals surface area contributed by atoms with Crippen molar-refractivity contribution in [3.05, 3.63) is 48.0 Å². The van der Waals surface area contributed by atoms with E-state index in [0.717, 1.165) is 56.0 Å². The lowest BCUT2D eigenvalue weighted by Gasteiger charge is -2.31. The molecule has 1 spiro atoms. The number of nitrogens with zero attached hydrogens (tertiary/aromatic N) is 3. The summed E-state index contributed by atoms with van der Waals surface area (Å²) in [4.78, 5) is 20.4. The molecule has 6 heteroatoms. The van der Waals surface area contributed by atoms with Crippen LogP contribution in [0.2, 0.25) is 0 Å². The third-order valence-electron chi connectivity index (χ3n) is 6.86. The number of aryl methyl sites for hydroxylation is 1. The van der Waals surface area contributed by atoms with Crippen LogP contribution in [-0.4, -0.2) is 46.1 Å². The molecule has 1 aromatic carbocycles. The van der Waals surface area contributed by atoms with Gasteiger partial charge in [0.1, 0.15) is 24.1 Å². The molecule has 28 heavy (non-hydrogen) atoms.